The molecule has 1 aliphatic rings. The van der Waals surface area contributed by atoms with E-state index in [9.17, 15) is 19.8 Å². The van der Waals surface area contributed by atoms with Crippen molar-refractivity contribution in [3.05, 3.63) is 20.0 Å². The highest BCUT2D eigenvalue weighted by atomic mass is 32.1. The van der Waals surface area contributed by atoms with Crippen LogP contribution in [0.3, 0.4) is 0 Å². The number of nitrogen functional groups attached to an aromatic ring is 1. The Morgan fingerprint density at radius 3 is 3.00 bits per heavy atom. The van der Waals surface area contributed by atoms with Crippen LogP contribution in [0.4, 0.5) is 5.95 Å². The molecule has 6 N–H and O–H groups in total. The lowest BCUT2D eigenvalue weighted by molar-refractivity contribution is -0.337. The molecule has 0 saturated carbocycles. The average Bonchev–Trinajstić information content (AvgIpc) is 2.98. The summed E-state index contributed by atoms with van der Waals surface area (Å²) in [5, 5.41) is 20.0. The summed E-state index contributed by atoms with van der Waals surface area (Å²) in [5.74, 6) is 0.00156. The van der Waals surface area contributed by atoms with E-state index in [1.807, 2.05) is 0 Å². The van der Waals surface area contributed by atoms with Crippen molar-refractivity contribution in [1.82, 2.24) is 9.55 Å². The molecule has 0 aromatic carbocycles. The number of nitrogens with one attached hydrogen (secondary N) is 2. The van der Waals surface area contributed by atoms with Crippen LogP contribution >= 0.6 is 11.3 Å². The molecule has 0 amide bonds. The molecule has 1 saturated heterocycles. The molecule has 4 unspecified atom stereocenters. The Kier molecular flexibility index (Phi) is 3.77. The van der Waals surface area contributed by atoms with E-state index >= 15 is 0 Å². The van der Waals surface area contributed by atoms with Gasteiger partial charge in [-0.2, -0.15) is 0 Å². The molecular weight excluding hydrogens is 312 g/mol. The van der Waals surface area contributed by atoms with Gasteiger partial charge < -0.3 is 20.7 Å². The largest absolute Gasteiger partial charge is 0.390 e. The number of anilines is 1. The summed E-state index contributed by atoms with van der Waals surface area (Å²) in [6.07, 6.45) is -2.53. The molecular formula is C12H17N4O5S+. The highest BCUT2D eigenvalue weighted by molar-refractivity contribution is 7.16. The van der Waals surface area contributed by atoms with Crippen molar-refractivity contribution < 1.29 is 19.9 Å². The first-order valence-electron chi connectivity index (χ1n) is 6.90. The summed E-state index contributed by atoms with van der Waals surface area (Å²) < 4.78 is 6.99. The molecule has 0 bridgehead atoms. The summed E-state index contributed by atoms with van der Waals surface area (Å²) in [6.45, 7) is 1.80. The van der Waals surface area contributed by atoms with Crippen LogP contribution in [-0.2, 0) is 4.74 Å². The highest BCUT2D eigenvalue weighted by Crippen LogP contribution is 2.32. The van der Waals surface area contributed by atoms with Crippen molar-refractivity contribution in [2.24, 2.45) is 0 Å². The maximum atomic E-state index is 12.2. The SMILES string of the molecule is CCC(O)C1CC(O)C(n2c(=O)sc3c(=O)[nH]c(N)[nH+]c32)O1. The van der Waals surface area contributed by atoms with Crippen molar-refractivity contribution in [2.45, 2.75) is 44.3 Å². The van der Waals surface area contributed by atoms with Gasteiger partial charge in [-0.3, -0.25) is 4.79 Å². The van der Waals surface area contributed by atoms with Gasteiger partial charge in [0.1, 0.15) is 6.10 Å². The molecule has 0 aliphatic carbocycles. The number of nitrogens with zero attached hydrogens (tertiary/aromatic N) is 1. The molecule has 3 heterocycles. The van der Waals surface area contributed by atoms with E-state index in [1.165, 1.54) is 4.57 Å². The van der Waals surface area contributed by atoms with Gasteiger partial charge in [-0.1, -0.05) is 18.3 Å². The first-order valence-corrected chi connectivity index (χ1v) is 7.71. The van der Waals surface area contributed by atoms with E-state index in [1.54, 1.807) is 6.92 Å². The maximum Gasteiger partial charge on any atom is 0.353 e. The number of H-pyrrole nitrogens is 2. The number of hydrogen-bond acceptors (Lipinski definition) is 7. The molecule has 22 heavy (non-hydrogen) atoms. The summed E-state index contributed by atoms with van der Waals surface area (Å²) in [7, 11) is 0. The minimum atomic E-state index is -0.968. The fraction of sp³-hybridized carbons (Fsp3) is 0.583. The quantitative estimate of drug-likeness (QED) is 0.543. The van der Waals surface area contributed by atoms with Gasteiger partial charge in [0.2, 0.25) is 5.65 Å². The molecule has 1 fully saturated rings. The predicted molar refractivity (Wildman–Crippen MR) is 78.5 cm³/mol. The highest BCUT2D eigenvalue weighted by Gasteiger charge is 2.41. The lowest BCUT2D eigenvalue weighted by Crippen LogP contribution is -2.31. The summed E-state index contributed by atoms with van der Waals surface area (Å²) in [6, 6.07) is 0. The summed E-state index contributed by atoms with van der Waals surface area (Å²) >= 11 is 0.742. The number of aliphatic hydroxyl groups excluding tert-OH is 2. The second-order valence-corrected chi connectivity index (χ2v) is 6.21. The molecule has 0 spiro atoms. The van der Waals surface area contributed by atoms with E-state index in [4.69, 9.17) is 10.5 Å². The minimum Gasteiger partial charge on any atom is -0.390 e. The Balaban J connectivity index is 2.09. The first kappa shape index (κ1) is 15.2. The normalized spacial score (nSPS) is 26.6. The number of aromatic nitrogens is 3. The molecule has 0 radical (unpaired) electrons. The van der Waals surface area contributed by atoms with Gasteiger partial charge >= 0.3 is 16.4 Å². The Hall–Kier alpha value is -1.75. The van der Waals surface area contributed by atoms with Crippen molar-refractivity contribution in [2.75, 3.05) is 5.73 Å². The molecule has 120 valence electrons. The second-order valence-electron chi connectivity index (χ2n) is 5.25. The molecule has 2 aromatic heterocycles. The van der Waals surface area contributed by atoms with Crippen molar-refractivity contribution in [3.63, 3.8) is 0 Å². The fourth-order valence-electron chi connectivity index (χ4n) is 2.65. The van der Waals surface area contributed by atoms with Crippen LogP contribution in [0.2, 0.25) is 0 Å². The van der Waals surface area contributed by atoms with Crippen LogP contribution in [-0.4, -0.2) is 38.1 Å². The number of thiazole rings is 1. The molecule has 2 aromatic rings. The van der Waals surface area contributed by atoms with Gasteiger partial charge in [0, 0.05) is 6.42 Å². The number of ether oxygens (including phenoxy) is 1. The zero-order chi connectivity index (χ0) is 16.0. The second kappa shape index (κ2) is 5.47. The Labute approximate surface area is 128 Å². The summed E-state index contributed by atoms with van der Waals surface area (Å²) in [5.41, 5.74) is 5.29. The van der Waals surface area contributed by atoms with Crippen molar-refractivity contribution >= 4 is 27.6 Å². The number of rotatable bonds is 3. The van der Waals surface area contributed by atoms with E-state index < -0.39 is 35.0 Å². The van der Waals surface area contributed by atoms with Gasteiger partial charge in [0.05, 0.1) is 12.2 Å². The van der Waals surface area contributed by atoms with Gasteiger partial charge in [-0.25, -0.2) is 19.3 Å². The van der Waals surface area contributed by atoms with Crippen molar-refractivity contribution in [3.8, 4) is 0 Å². The Morgan fingerprint density at radius 2 is 2.32 bits per heavy atom. The molecule has 1 aliphatic heterocycles. The molecule has 10 heteroatoms. The Morgan fingerprint density at radius 1 is 1.59 bits per heavy atom. The monoisotopic (exact) mass is 329 g/mol. The molecule has 4 atom stereocenters. The topological polar surface area (TPSA) is 145 Å². The van der Waals surface area contributed by atoms with Crippen LogP contribution in [0, 0.1) is 0 Å². The smallest absolute Gasteiger partial charge is 0.353 e. The number of hydrogen-bond donors (Lipinski definition) is 4. The van der Waals surface area contributed by atoms with Gasteiger partial charge in [-0.05, 0) is 6.42 Å². The predicted octanol–water partition coefficient (Wildman–Crippen LogP) is -1.43. The van der Waals surface area contributed by atoms with E-state index in [-0.39, 0.29) is 22.7 Å². The standard InChI is InChI=1S/C12H16N4O5S/c1-2-4(17)6-3-5(18)10(21-6)16-8-7(22-12(16)20)9(19)15-11(13)14-8/h4-6,10,17-18H,2-3H2,1H3,(H3,13,14,15,19)/p+1. The zero-order valence-corrected chi connectivity index (χ0v) is 12.6. The van der Waals surface area contributed by atoms with E-state index in [0.29, 0.717) is 6.42 Å². The van der Waals surface area contributed by atoms with Crippen LogP contribution in [0.5, 0.6) is 0 Å². The third-order valence-electron chi connectivity index (χ3n) is 3.77. The van der Waals surface area contributed by atoms with Gasteiger partial charge in [0.15, 0.2) is 10.9 Å². The van der Waals surface area contributed by atoms with Crippen LogP contribution in [0.25, 0.3) is 10.3 Å². The van der Waals surface area contributed by atoms with Crippen LogP contribution in [0.1, 0.15) is 26.0 Å². The number of aliphatic hydroxyl groups is 2. The molecule has 3 rings (SSSR count). The average molecular weight is 329 g/mol. The van der Waals surface area contributed by atoms with E-state index in [2.05, 4.69) is 9.97 Å². The molecule has 9 nitrogen and oxygen atoms in total. The fourth-order valence-corrected chi connectivity index (χ4v) is 3.51. The van der Waals surface area contributed by atoms with E-state index in [0.717, 1.165) is 11.3 Å². The lowest BCUT2D eigenvalue weighted by Gasteiger charge is -2.16. The third-order valence-corrected chi connectivity index (χ3v) is 4.72. The van der Waals surface area contributed by atoms with Crippen LogP contribution in [0.15, 0.2) is 9.59 Å². The Bertz CT molecular complexity index is 812. The minimum absolute atomic E-state index is 0.00156. The lowest BCUT2D eigenvalue weighted by atomic mass is 10.1. The van der Waals surface area contributed by atoms with Gasteiger partial charge in [-0.15, -0.1) is 0 Å². The first-order chi connectivity index (χ1) is 10.4. The third kappa shape index (κ3) is 2.33. The van der Waals surface area contributed by atoms with Gasteiger partial charge in [0.25, 0.3) is 0 Å². The zero-order valence-electron chi connectivity index (χ0n) is 11.8. The number of fused-ring (bicyclic) bond motifs is 1. The maximum absolute atomic E-state index is 12.2. The summed E-state index contributed by atoms with van der Waals surface area (Å²) in [4.78, 5) is 28.7. The van der Waals surface area contributed by atoms with Crippen LogP contribution < -0.4 is 21.1 Å². The van der Waals surface area contributed by atoms with Crippen molar-refractivity contribution in [1.29, 1.82) is 0 Å². The number of aromatic amines is 2. The number of nitrogens with two attached hydrogens (primary N) is 1.